The van der Waals surface area contributed by atoms with Crippen molar-refractivity contribution >= 4 is 23.7 Å². The van der Waals surface area contributed by atoms with Crippen molar-refractivity contribution < 1.29 is 9.59 Å². The molecule has 9 heteroatoms. The van der Waals surface area contributed by atoms with Gasteiger partial charge in [-0.15, -0.1) is 5.10 Å². The van der Waals surface area contributed by atoms with Gasteiger partial charge in [0.15, 0.2) is 5.16 Å². The van der Waals surface area contributed by atoms with Crippen LogP contribution in [0.3, 0.4) is 0 Å². The third-order valence-electron chi connectivity index (χ3n) is 2.36. The van der Waals surface area contributed by atoms with Gasteiger partial charge >= 0.3 is 11.7 Å². The lowest BCUT2D eigenvalue weighted by atomic mass is 10.3. The van der Waals surface area contributed by atoms with Crippen molar-refractivity contribution in [1.29, 1.82) is 0 Å². The highest BCUT2D eigenvalue weighted by atomic mass is 32.2. The second-order valence-corrected chi connectivity index (χ2v) is 5.24. The number of urea groups is 1. The first-order chi connectivity index (χ1) is 8.95. The molecule has 1 rings (SSSR count). The average molecular weight is 287 g/mol. The summed E-state index contributed by atoms with van der Waals surface area (Å²) in [6.45, 7) is 4.16. The van der Waals surface area contributed by atoms with Crippen LogP contribution in [0.4, 0.5) is 4.79 Å². The molecule has 0 aromatic carbocycles. The third-order valence-corrected chi connectivity index (χ3v) is 3.45. The fourth-order valence-electron chi connectivity index (χ4n) is 1.34. The second-order valence-electron chi connectivity index (χ2n) is 3.93. The summed E-state index contributed by atoms with van der Waals surface area (Å²) < 4.78 is 1.47. The maximum absolute atomic E-state index is 11.5. The number of nitrogens with one attached hydrogen (secondary N) is 2. The maximum Gasteiger partial charge on any atom is 0.343 e. The molecule has 106 valence electrons. The molecule has 0 radical (unpaired) electrons. The van der Waals surface area contributed by atoms with E-state index in [0.717, 1.165) is 24.6 Å². The molecule has 1 aromatic heterocycles. The quantitative estimate of drug-likeness (QED) is 0.638. The number of amides is 3. The van der Waals surface area contributed by atoms with Gasteiger partial charge < -0.3 is 5.73 Å². The number of unbranched alkanes of at least 4 members (excludes halogenated alkanes) is 1. The topological polar surface area (TPSA) is 123 Å². The van der Waals surface area contributed by atoms with Gasteiger partial charge in [-0.3, -0.25) is 14.7 Å². The summed E-state index contributed by atoms with van der Waals surface area (Å²) in [5, 5.41) is 8.03. The van der Waals surface area contributed by atoms with Crippen LogP contribution < -0.4 is 16.7 Å². The van der Waals surface area contributed by atoms with Gasteiger partial charge in [0.1, 0.15) is 0 Å². The predicted octanol–water partition coefficient (Wildman–Crippen LogP) is 0.0470. The van der Waals surface area contributed by atoms with Crippen molar-refractivity contribution in [2.75, 3.05) is 0 Å². The lowest BCUT2D eigenvalue weighted by molar-refractivity contribution is -0.119. The highest BCUT2D eigenvalue weighted by Crippen LogP contribution is 2.20. The van der Waals surface area contributed by atoms with E-state index in [-0.39, 0.29) is 5.69 Å². The number of aromatic nitrogens is 3. The van der Waals surface area contributed by atoms with Gasteiger partial charge in [0.05, 0.1) is 5.25 Å². The van der Waals surface area contributed by atoms with Crippen LogP contribution >= 0.6 is 11.8 Å². The van der Waals surface area contributed by atoms with Crippen LogP contribution in [0, 0.1) is 0 Å². The van der Waals surface area contributed by atoms with E-state index in [1.165, 1.54) is 4.57 Å². The van der Waals surface area contributed by atoms with Crippen molar-refractivity contribution in [3.05, 3.63) is 10.5 Å². The zero-order chi connectivity index (χ0) is 14.4. The lowest BCUT2D eigenvalue weighted by Crippen LogP contribution is -2.39. The van der Waals surface area contributed by atoms with Crippen molar-refractivity contribution in [3.8, 4) is 0 Å². The number of H-pyrrole nitrogens is 1. The van der Waals surface area contributed by atoms with Gasteiger partial charge in [-0.05, 0) is 13.3 Å². The fraction of sp³-hybridized carbons (Fsp3) is 0.600. The number of hydrogen-bond donors (Lipinski definition) is 3. The van der Waals surface area contributed by atoms with Crippen molar-refractivity contribution in [3.63, 3.8) is 0 Å². The van der Waals surface area contributed by atoms with Crippen LogP contribution in [-0.2, 0) is 11.3 Å². The number of hydrogen-bond acceptors (Lipinski definition) is 5. The van der Waals surface area contributed by atoms with Gasteiger partial charge in [-0.1, -0.05) is 25.1 Å². The van der Waals surface area contributed by atoms with Gasteiger partial charge in [0.2, 0.25) is 5.91 Å². The molecule has 1 heterocycles. The Morgan fingerprint density at radius 2 is 2.26 bits per heavy atom. The molecule has 19 heavy (non-hydrogen) atoms. The van der Waals surface area contributed by atoms with E-state index in [4.69, 9.17) is 5.73 Å². The molecule has 0 aliphatic heterocycles. The molecule has 0 fully saturated rings. The molecule has 0 spiro atoms. The van der Waals surface area contributed by atoms with Crippen molar-refractivity contribution in [2.24, 2.45) is 5.73 Å². The number of aromatic amines is 1. The third kappa shape index (κ3) is 4.43. The standard InChI is InChI=1S/C10H17N5O3S/c1-3-4-5-15-9(18)13-14-10(15)19-6(2)7(16)12-8(11)17/h6H,3-5H2,1-2H3,(H,13,18)(H3,11,12,16,17)/t6-/m1/s1. The number of nitrogens with zero attached hydrogens (tertiary/aromatic N) is 2. The van der Waals surface area contributed by atoms with Crippen LogP contribution in [0.1, 0.15) is 26.7 Å². The normalized spacial score (nSPS) is 12.1. The maximum atomic E-state index is 11.5. The SMILES string of the molecule is CCCCn1c(S[C@H](C)C(=O)NC(N)=O)n[nH]c1=O. The number of carbonyl (C=O) groups excluding carboxylic acids is 2. The molecular formula is C10H17N5O3S. The molecule has 1 aromatic rings. The Labute approximate surface area is 114 Å². The smallest absolute Gasteiger partial charge is 0.343 e. The Morgan fingerprint density at radius 3 is 2.84 bits per heavy atom. The molecule has 0 aliphatic carbocycles. The van der Waals surface area contributed by atoms with Gasteiger partial charge in [0, 0.05) is 6.54 Å². The summed E-state index contributed by atoms with van der Waals surface area (Å²) in [5.41, 5.74) is 4.56. The van der Waals surface area contributed by atoms with Crippen LogP contribution in [0.15, 0.2) is 9.95 Å². The highest BCUT2D eigenvalue weighted by Gasteiger charge is 2.19. The Kier molecular flexibility index (Phi) is 5.61. The summed E-state index contributed by atoms with van der Waals surface area (Å²) in [6.07, 6.45) is 1.79. The highest BCUT2D eigenvalue weighted by molar-refractivity contribution is 8.00. The lowest BCUT2D eigenvalue weighted by Gasteiger charge is -2.10. The van der Waals surface area contributed by atoms with E-state index in [1.54, 1.807) is 6.92 Å². The van der Waals surface area contributed by atoms with E-state index in [2.05, 4.69) is 10.2 Å². The molecule has 3 amide bonds. The molecule has 0 saturated carbocycles. The predicted molar refractivity (Wildman–Crippen MR) is 70.8 cm³/mol. The van der Waals surface area contributed by atoms with Crippen LogP contribution in [-0.4, -0.2) is 32.0 Å². The molecule has 0 bridgehead atoms. The van der Waals surface area contributed by atoms with Crippen LogP contribution in [0.25, 0.3) is 0 Å². The van der Waals surface area contributed by atoms with Gasteiger partial charge in [-0.25, -0.2) is 14.7 Å². The molecule has 1 atom stereocenters. The Balaban J connectivity index is 2.73. The number of carbonyl (C=O) groups is 2. The van der Waals surface area contributed by atoms with E-state index in [9.17, 15) is 14.4 Å². The number of rotatable bonds is 6. The Hall–Kier alpha value is -1.77. The minimum Gasteiger partial charge on any atom is -0.351 e. The van der Waals surface area contributed by atoms with Gasteiger partial charge in [0.25, 0.3) is 0 Å². The van der Waals surface area contributed by atoms with E-state index < -0.39 is 17.2 Å². The monoisotopic (exact) mass is 287 g/mol. The Bertz CT molecular complexity index is 510. The molecule has 8 nitrogen and oxygen atoms in total. The minimum atomic E-state index is -0.900. The van der Waals surface area contributed by atoms with Gasteiger partial charge in [-0.2, -0.15) is 0 Å². The largest absolute Gasteiger partial charge is 0.351 e. The number of imide groups is 1. The molecule has 0 unspecified atom stereocenters. The first kappa shape index (κ1) is 15.3. The molecule has 0 saturated heterocycles. The summed E-state index contributed by atoms with van der Waals surface area (Å²) in [4.78, 5) is 33.6. The molecule has 0 aliphatic rings. The summed E-state index contributed by atoms with van der Waals surface area (Å²) >= 11 is 1.09. The van der Waals surface area contributed by atoms with E-state index >= 15 is 0 Å². The van der Waals surface area contributed by atoms with Crippen LogP contribution in [0.5, 0.6) is 0 Å². The molecular weight excluding hydrogens is 270 g/mol. The first-order valence-corrected chi connectivity index (χ1v) is 6.75. The van der Waals surface area contributed by atoms with E-state index in [0.29, 0.717) is 11.7 Å². The number of thioether (sulfide) groups is 1. The molecule has 4 N–H and O–H groups in total. The summed E-state index contributed by atoms with van der Waals surface area (Å²) in [7, 11) is 0. The van der Waals surface area contributed by atoms with E-state index in [1.807, 2.05) is 12.2 Å². The fourth-order valence-corrected chi connectivity index (χ4v) is 2.22. The average Bonchev–Trinajstić information content (AvgIpc) is 2.67. The second kappa shape index (κ2) is 6.98. The van der Waals surface area contributed by atoms with Crippen LogP contribution in [0.2, 0.25) is 0 Å². The summed E-state index contributed by atoms with van der Waals surface area (Å²) in [5.74, 6) is -0.519. The number of nitrogens with two attached hydrogens (primary N) is 1. The van der Waals surface area contributed by atoms with Crippen molar-refractivity contribution in [2.45, 2.75) is 43.6 Å². The zero-order valence-electron chi connectivity index (χ0n) is 10.8. The number of primary amides is 1. The first-order valence-electron chi connectivity index (χ1n) is 5.87. The minimum absolute atomic E-state index is 0.307. The Morgan fingerprint density at radius 1 is 1.58 bits per heavy atom. The summed E-state index contributed by atoms with van der Waals surface area (Å²) in [6, 6.07) is -0.900. The van der Waals surface area contributed by atoms with Crippen molar-refractivity contribution in [1.82, 2.24) is 20.1 Å². The zero-order valence-corrected chi connectivity index (χ0v) is 11.6.